The molecule has 2 aliphatic carbocycles. The van der Waals surface area contributed by atoms with Crippen LogP contribution in [0.3, 0.4) is 0 Å². The number of allylic oxidation sites excluding steroid dienone is 3. The molecule has 0 N–H and O–H groups in total. The fourth-order valence-corrected chi connectivity index (χ4v) is 2.55. The van der Waals surface area contributed by atoms with Crippen LogP contribution in [0.1, 0.15) is 19.3 Å². The van der Waals surface area contributed by atoms with Gasteiger partial charge in [0.05, 0.1) is 0 Å². The third kappa shape index (κ3) is 1.04. The van der Waals surface area contributed by atoms with E-state index in [-0.39, 0.29) is 0 Å². The summed E-state index contributed by atoms with van der Waals surface area (Å²) in [5, 5.41) is 0. The van der Waals surface area contributed by atoms with Gasteiger partial charge in [-0.15, -0.1) is 6.58 Å². The monoisotopic (exact) mass is 162 g/mol. The second-order valence-electron chi connectivity index (χ2n) is 3.79. The van der Waals surface area contributed by atoms with Gasteiger partial charge in [0.2, 0.25) is 0 Å². The summed E-state index contributed by atoms with van der Waals surface area (Å²) in [4.78, 5) is 11.4. The Bertz CT molecular complexity index is 239. The molecule has 12 heavy (non-hydrogen) atoms. The first-order chi connectivity index (χ1) is 5.83. The van der Waals surface area contributed by atoms with Crippen LogP contribution in [0, 0.1) is 17.8 Å². The lowest BCUT2D eigenvalue weighted by atomic mass is 9.81. The Hall–Kier alpha value is -0.850. The molecular formula is C11H14O. The van der Waals surface area contributed by atoms with Gasteiger partial charge < -0.3 is 0 Å². The average molecular weight is 162 g/mol. The minimum Gasteiger partial charge on any atom is -0.295 e. The lowest BCUT2D eigenvalue weighted by Crippen LogP contribution is -2.23. The highest BCUT2D eigenvalue weighted by molar-refractivity contribution is 5.93. The van der Waals surface area contributed by atoms with Crippen molar-refractivity contribution in [3.63, 3.8) is 0 Å². The van der Waals surface area contributed by atoms with E-state index in [4.69, 9.17) is 0 Å². The van der Waals surface area contributed by atoms with Gasteiger partial charge in [-0.05, 0) is 37.2 Å². The molecule has 0 aromatic carbocycles. The molecule has 0 aromatic heterocycles. The molecule has 1 saturated carbocycles. The Morgan fingerprint density at radius 1 is 1.50 bits per heavy atom. The van der Waals surface area contributed by atoms with Gasteiger partial charge in [0, 0.05) is 5.92 Å². The molecule has 3 atom stereocenters. The number of carbonyl (C=O) groups excluding carboxylic acids is 1. The SMILES string of the molecule is C=CC1CCC2C(=O)C=CCC12. The summed E-state index contributed by atoms with van der Waals surface area (Å²) >= 11 is 0. The zero-order chi connectivity index (χ0) is 8.55. The highest BCUT2D eigenvalue weighted by atomic mass is 16.1. The van der Waals surface area contributed by atoms with E-state index in [9.17, 15) is 4.79 Å². The molecule has 0 spiro atoms. The minimum atomic E-state index is 0.318. The molecule has 2 aliphatic rings. The summed E-state index contributed by atoms with van der Waals surface area (Å²) in [6, 6.07) is 0. The average Bonchev–Trinajstić information content (AvgIpc) is 2.49. The van der Waals surface area contributed by atoms with E-state index >= 15 is 0 Å². The fourth-order valence-electron chi connectivity index (χ4n) is 2.55. The van der Waals surface area contributed by atoms with Crippen LogP contribution in [0.5, 0.6) is 0 Å². The van der Waals surface area contributed by atoms with Gasteiger partial charge in [0.25, 0.3) is 0 Å². The maximum Gasteiger partial charge on any atom is 0.158 e. The number of hydrogen-bond acceptors (Lipinski definition) is 1. The molecule has 0 aliphatic heterocycles. The number of ketones is 1. The van der Waals surface area contributed by atoms with Gasteiger partial charge >= 0.3 is 0 Å². The Kier molecular flexibility index (Phi) is 1.87. The summed E-state index contributed by atoms with van der Waals surface area (Å²) in [5.41, 5.74) is 0. The summed E-state index contributed by atoms with van der Waals surface area (Å²) in [6.45, 7) is 3.82. The first-order valence-corrected chi connectivity index (χ1v) is 4.66. The Balaban J connectivity index is 2.21. The fraction of sp³-hybridized carbons (Fsp3) is 0.545. The zero-order valence-electron chi connectivity index (χ0n) is 7.20. The van der Waals surface area contributed by atoms with Gasteiger partial charge in [0.15, 0.2) is 5.78 Å². The van der Waals surface area contributed by atoms with E-state index in [2.05, 4.69) is 6.58 Å². The molecule has 1 heteroatoms. The van der Waals surface area contributed by atoms with Crippen molar-refractivity contribution >= 4 is 5.78 Å². The van der Waals surface area contributed by atoms with E-state index in [0.717, 1.165) is 19.3 Å². The van der Waals surface area contributed by atoms with Crippen molar-refractivity contribution < 1.29 is 4.79 Å². The predicted octanol–water partition coefficient (Wildman–Crippen LogP) is 2.34. The Labute approximate surface area is 73.2 Å². The third-order valence-corrected chi connectivity index (χ3v) is 3.24. The van der Waals surface area contributed by atoms with Crippen LogP contribution < -0.4 is 0 Å². The number of hydrogen-bond donors (Lipinski definition) is 0. The first kappa shape index (κ1) is 7.78. The molecule has 0 radical (unpaired) electrons. The Morgan fingerprint density at radius 2 is 2.33 bits per heavy atom. The molecule has 0 amide bonds. The van der Waals surface area contributed by atoms with E-state index in [0.29, 0.717) is 23.5 Å². The second-order valence-corrected chi connectivity index (χ2v) is 3.79. The molecule has 0 aromatic rings. The molecule has 0 bridgehead atoms. The van der Waals surface area contributed by atoms with Gasteiger partial charge in [-0.25, -0.2) is 0 Å². The van der Waals surface area contributed by atoms with Crippen LogP contribution in [0.25, 0.3) is 0 Å². The van der Waals surface area contributed by atoms with Crippen molar-refractivity contribution in [1.29, 1.82) is 0 Å². The van der Waals surface area contributed by atoms with Crippen LogP contribution in [0.4, 0.5) is 0 Å². The highest BCUT2D eigenvalue weighted by Crippen LogP contribution is 2.42. The van der Waals surface area contributed by atoms with Crippen molar-refractivity contribution in [3.8, 4) is 0 Å². The van der Waals surface area contributed by atoms with E-state index < -0.39 is 0 Å². The number of rotatable bonds is 1. The predicted molar refractivity (Wildman–Crippen MR) is 48.7 cm³/mol. The van der Waals surface area contributed by atoms with Crippen molar-refractivity contribution in [2.24, 2.45) is 17.8 Å². The Morgan fingerprint density at radius 3 is 3.08 bits per heavy atom. The first-order valence-electron chi connectivity index (χ1n) is 4.66. The van der Waals surface area contributed by atoms with Gasteiger partial charge in [-0.1, -0.05) is 12.2 Å². The topological polar surface area (TPSA) is 17.1 Å². The van der Waals surface area contributed by atoms with Gasteiger partial charge in [0.1, 0.15) is 0 Å². The minimum absolute atomic E-state index is 0.318. The zero-order valence-corrected chi connectivity index (χ0v) is 7.20. The van der Waals surface area contributed by atoms with E-state index in [1.807, 2.05) is 12.2 Å². The molecular weight excluding hydrogens is 148 g/mol. The van der Waals surface area contributed by atoms with Crippen molar-refractivity contribution in [1.82, 2.24) is 0 Å². The lowest BCUT2D eigenvalue weighted by Gasteiger charge is -2.22. The van der Waals surface area contributed by atoms with Crippen LogP contribution in [0.15, 0.2) is 24.8 Å². The third-order valence-electron chi connectivity index (χ3n) is 3.24. The summed E-state index contributed by atoms with van der Waals surface area (Å²) in [6.07, 6.45) is 9.11. The van der Waals surface area contributed by atoms with Crippen LogP contribution in [0.2, 0.25) is 0 Å². The molecule has 1 fully saturated rings. The van der Waals surface area contributed by atoms with Crippen molar-refractivity contribution in [2.75, 3.05) is 0 Å². The summed E-state index contributed by atoms with van der Waals surface area (Å²) < 4.78 is 0. The summed E-state index contributed by atoms with van der Waals surface area (Å²) in [7, 11) is 0. The smallest absolute Gasteiger partial charge is 0.158 e. The normalized spacial score (nSPS) is 39.7. The van der Waals surface area contributed by atoms with Gasteiger partial charge in [-0.2, -0.15) is 0 Å². The molecule has 3 unspecified atom stereocenters. The molecule has 64 valence electrons. The molecule has 2 rings (SSSR count). The second kappa shape index (κ2) is 2.89. The van der Waals surface area contributed by atoms with Crippen molar-refractivity contribution in [2.45, 2.75) is 19.3 Å². The maximum absolute atomic E-state index is 11.4. The molecule has 0 heterocycles. The summed E-state index contributed by atoms with van der Waals surface area (Å²) in [5.74, 6) is 1.82. The van der Waals surface area contributed by atoms with Crippen LogP contribution in [-0.4, -0.2) is 5.78 Å². The quantitative estimate of drug-likeness (QED) is 0.541. The van der Waals surface area contributed by atoms with Crippen LogP contribution >= 0.6 is 0 Å². The maximum atomic E-state index is 11.4. The van der Waals surface area contributed by atoms with Crippen LogP contribution in [-0.2, 0) is 4.79 Å². The molecule has 1 nitrogen and oxygen atoms in total. The molecule has 0 saturated heterocycles. The van der Waals surface area contributed by atoms with Crippen molar-refractivity contribution in [3.05, 3.63) is 24.8 Å². The standard InChI is InChI=1S/C11H14O/c1-2-8-6-7-10-9(8)4-3-5-11(10)12/h2-3,5,8-10H,1,4,6-7H2. The number of carbonyl (C=O) groups is 1. The largest absolute Gasteiger partial charge is 0.295 e. The van der Waals surface area contributed by atoms with E-state index in [1.54, 1.807) is 6.08 Å². The lowest BCUT2D eigenvalue weighted by molar-refractivity contribution is -0.119. The van der Waals surface area contributed by atoms with E-state index in [1.165, 1.54) is 0 Å². The van der Waals surface area contributed by atoms with Gasteiger partial charge in [-0.3, -0.25) is 4.79 Å². The number of fused-ring (bicyclic) bond motifs is 1. The highest BCUT2D eigenvalue weighted by Gasteiger charge is 2.38.